The van der Waals surface area contributed by atoms with Gasteiger partial charge >= 0.3 is 0 Å². The Bertz CT molecular complexity index is 147. The molecule has 2 unspecified atom stereocenters. The van der Waals surface area contributed by atoms with Gasteiger partial charge in [-0.25, -0.2) is 0 Å². The Morgan fingerprint density at radius 1 is 1.17 bits per heavy atom. The molecule has 1 aliphatic carbocycles. The highest BCUT2D eigenvalue weighted by Gasteiger charge is 2.39. The van der Waals surface area contributed by atoms with Crippen LogP contribution >= 0.6 is 7.92 Å². The van der Waals surface area contributed by atoms with Crippen molar-refractivity contribution in [2.24, 2.45) is 5.92 Å². The van der Waals surface area contributed by atoms with Crippen molar-refractivity contribution in [3.05, 3.63) is 0 Å². The Morgan fingerprint density at radius 3 is 2.17 bits per heavy atom. The van der Waals surface area contributed by atoms with Crippen LogP contribution in [0.3, 0.4) is 0 Å². The van der Waals surface area contributed by atoms with Gasteiger partial charge < -0.3 is 0 Å². The molecule has 2 fully saturated rings. The predicted octanol–water partition coefficient (Wildman–Crippen LogP) is 3.84. The van der Waals surface area contributed by atoms with Crippen LogP contribution in [0.4, 0.5) is 0 Å². The first-order valence-electron chi connectivity index (χ1n) is 5.57. The van der Waals surface area contributed by atoms with Crippen LogP contribution in [-0.2, 0) is 0 Å². The van der Waals surface area contributed by atoms with Gasteiger partial charge in [0.2, 0.25) is 0 Å². The molecule has 2 atom stereocenters. The van der Waals surface area contributed by atoms with Gasteiger partial charge in [0.05, 0.1) is 0 Å². The Morgan fingerprint density at radius 2 is 1.75 bits per heavy atom. The van der Waals surface area contributed by atoms with E-state index in [-0.39, 0.29) is 0 Å². The summed E-state index contributed by atoms with van der Waals surface area (Å²) in [6.45, 7) is 4.81. The molecule has 12 heavy (non-hydrogen) atoms. The monoisotopic (exact) mass is 184 g/mol. The van der Waals surface area contributed by atoms with Crippen molar-refractivity contribution in [2.45, 2.75) is 57.3 Å². The van der Waals surface area contributed by atoms with Crippen molar-refractivity contribution in [2.75, 3.05) is 6.16 Å². The molecule has 1 aliphatic heterocycles. The maximum absolute atomic E-state index is 2.46. The van der Waals surface area contributed by atoms with Crippen molar-refractivity contribution in [3.8, 4) is 0 Å². The molecule has 2 rings (SSSR count). The molecular weight excluding hydrogens is 163 g/mol. The maximum Gasteiger partial charge on any atom is -0.0195 e. The topological polar surface area (TPSA) is 0 Å². The van der Waals surface area contributed by atoms with E-state index in [2.05, 4.69) is 13.8 Å². The van der Waals surface area contributed by atoms with Gasteiger partial charge in [0.25, 0.3) is 0 Å². The molecule has 0 bridgehead atoms. The van der Waals surface area contributed by atoms with Crippen LogP contribution in [0.15, 0.2) is 0 Å². The maximum atomic E-state index is 2.46. The molecule has 0 spiro atoms. The first-order chi connectivity index (χ1) is 5.81. The zero-order valence-electron chi connectivity index (χ0n) is 8.42. The third-order valence-corrected chi connectivity index (χ3v) is 7.04. The van der Waals surface area contributed by atoms with Gasteiger partial charge in [0, 0.05) is 0 Å². The van der Waals surface area contributed by atoms with Crippen LogP contribution in [0, 0.1) is 5.92 Å². The highest BCUT2D eigenvalue weighted by Crippen LogP contribution is 2.65. The second-order valence-electron chi connectivity index (χ2n) is 4.63. The van der Waals surface area contributed by atoms with Gasteiger partial charge in [-0.15, -0.1) is 0 Å². The second-order valence-corrected chi connectivity index (χ2v) is 7.63. The molecule has 0 radical (unpaired) electrons. The van der Waals surface area contributed by atoms with Crippen molar-refractivity contribution in [1.82, 2.24) is 0 Å². The zero-order valence-corrected chi connectivity index (χ0v) is 9.32. The summed E-state index contributed by atoms with van der Waals surface area (Å²) in [6, 6.07) is 0. The van der Waals surface area contributed by atoms with E-state index in [4.69, 9.17) is 0 Å². The highest BCUT2D eigenvalue weighted by molar-refractivity contribution is 7.66. The van der Waals surface area contributed by atoms with Gasteiger partial charge in [0.1, 0.15) is 0 Å². The van der Waals surface area contributed by atoms with E-state index in [1.807, 2.05) is 0 Å². The fraction of sp³-hybridized carbons (Fsp3) is 1.00. The lowest BCUT2D eigenvalue weighted by Crippen LogP contribution is -2.15. The van der Waals surface area contributed by atoms with Crippen LogP contribution in [0.2, 0.25) is 0 Å². The van der Waals surface area contributed by atoms with E-state index in [9.17, 15) is 0 Å². The van der Waals surface area contributed by atoms with Gasteiger partial charge in [-0.2, -0.15) is 0 Å². The lowest BCUT2D eigenvalue weighted by molar-refractivity contribution is 0.355. The minimum Gasteiger partial charge on any atom is -0.0996 e. The summed E-state index contributed by atoms with van der Waals surface area (Å²) in [5.41, 5.74) is 2.33. The van der Waals surface area contributed by atoms with Gasteiger partial charge in [-0.1, -0.05) is 28.2 Å². The number of hydrogen-bond acceptors (Lipinski definition) is 0. The van der Waals surface area contributed by atoms with Crippen molar-refractivity contribution < 1.29 is 0 Å². The molecular formula is C11H21P. The average molecular weight is 184 g/mol. The van der Waals surface area contributed by atoms with Crippen LogP contribution in [0.5, 0.6) is 0 Å². The fourth-order valence-electron chi connectivity index (χ4n) is 2.65. The quantitative estimate of drug-likeness (QED) is 0.572. The van der Waals surface area contributed by atoms with E-state index in [0.717, 1.165) is 11.6 Å². The predicted molar refractivity (Wildman–Crippen MR) is 57.3 cm³/mol. The molecule has 1 saturated carbocycles. The standard InChI is InChI=1S/C11H21P/c1-3-10-4-6-11(7-5-10)12-8-9(12)2/h9-11H,3-8H2,1-2H3. The number of rotatable bonds is 2. The molecule has 70 valence electrons. The van der Waals surface area contributed by atoms with E-state index < -0.39 is 0 Å². The molecule has 0 aromatic carbocycles. The molecule has 0 aromatic rings. The summed E-state index contributed by atoms with van der Waals surface area (Å²) in [5.74, 6) is 1.09. The normalized spacial score (nSPS) is 47.5. The lowest BCUT2D eigenvalue weighted by atomic mass is 9.87. The summed E-state index contributed by atoms with van der Waals surface area (Å²) in [6.07, 6.45) is 9.29. The third-order valence-electron chi connectivity index (χ3n) is 3.77. The molecule has 0 amide bonds. The van der Waals surface area contributed by atoms with Crippen LogP contribution in [0.25, 0.3) is 0 Å². The summed E-state index contributed by atoms with van der Waals surface area (Å²) in [7, 11) is 0.546. The molecule has 1 saturated heterocycles. The van der Waals surface area contributed by atoms with Gasteiger partial charge in [0.15, 0.2) is 0 Å². The molecule has 0 aromatic heterocycles. The van der Waals surface area contributed by atoms with Crippen molar-refractivity contribution in [3.63, 3.8) is 0 Å². The van der Waals surface area contributed by atoms with Gasteiger partial charge in [-0.3, -0.25) is 0 Å². The smallest absolute Gasteiger partial charge is 0.0195 e. The Kier molecular flexibility index (Phi) is 2.75. The summed E-state index contributed by atoms with van der Waals surface area (Å²) >= 11 is 0. The SMILES string of the molecule is CCC1CCC(P2CC2C)CC1. The highest BCUT2D eigenvalue weighted by atomic mass is 31.1. The van der Waals surface area contributed by atoms with Crippen molar-refractivity contribution in [1.29, 1.82) is 0 Å². The van der Waals surface area contributed by atoms with Crippen LogP contribution in [-0.4, -0.2) is 17.5 Å². The van der Waals surface area contributed by atoms with E-state index >= 15 is 0 Å². The minimum absolute atomic E-state index is 0.546. The molecule has 2 aliphatic rings. The molecule has 1 heteroatoms. The van der Waals surface area contributed by atoms with E-state index in [0.29, 0.717) is 7.92 Å². The summed E-state index contributed by atoms with van der Waals surface area (Å²) in [5, 5.41) is 0. The fourth-order valence-corrected chi connectivity index (χ4v) is 5.43. The summed E-state index contributed by atoms with van der Waals surface area (Å²) < 4.78 is 0. The second kappa shape index (κ2) is 3.66. The zero-order chi connectivity index (χ0) is 8.55. The molecule has 1 heterocycles. The van der Waals surface area contributed by atoms with E-state index in [1.54, 1.807) is 31.8 Å². The lowest BCUT2D eigenvalue weighted by Gasteiger charge is -2.27. The summed E-state index contributed by atoms with van der Waals surface area (Å²) in [4.78, 5) is 0. The Hall–Kier alpha value is 0.430. The van der Waals surface area contributed by atoms with E-state index in [1.165, 1.54) is 12.1 Å². The Labute approximate surface area is 77.9 Å². The first kappa shape index (κ1) is 9.00. The van der Waals surface area contributed by atoms with Crippen LogP contribution in [0.1, 0.15) is 46.0 Å². The van der Waals surface area contributed by atoms with Crippen LogP contribution < -0.4 is 0 Å². The number of hydrogen-bond donors (Lipinski definition) is 0. The van der Waals surface area contributed by atoms with Crippen molar-refractivity contribution >= 4 is 7.92 Å². The molecule has 0 nitrogen and oxygen atoms in total. The minimum atomic E-state index is 0.546. The third kappa shape index (κ3) is 1.84. The largest absolute Gasteiger partial charge is 0.0996 e. The van der Waals surface area contributed by atoms with Gasteiger partial charge in [-0.05, 0) is 49.1 Å². The molecule has 0 N–H and O–H groups in total. The first-order valence-corrected chi connectivity index (χ1v) is 7.23. The Balaban J connectivity index is 1.75. The average Bonchev–Trinajstić information content (AvgIpc) is 2.83.